The van der Waals surface area contributed by atoms with E-state index in [-0.39, 0.29) is 5.97 Å². The SMILES string of the molecule is CCOC(=O)c1c(C)nsc1NC(C)C(CC)CC. The molecule has 0 aliphatic carbocycles. The number of ether oxygens (including phenoxy) is 1. The van der Waals surface area contributed by atoms with Gasteiger partial charge in [-0.25, -0.2) is 4.79 Å². The Hall–Kier alpha value is -1.10. The molecule has 1 aromatic rings. The fraction of sp³-hybridized carbons (Fsp3) is 0.714. The molecule has 0 saturated carbocycles. The van der Waals surface area contributed by atoms with Gasteiger partial charge < -0.3 is 10.1 Å². The van der Waals surface area contributed by atoms with Gasteiger partial charge in [-0.1, -0.05) is 26.7 Å². The molecule has 0 bridgehead atoms. The molecular weight excluding hydrogens is 260 g/mol. The van der Waals surface area contributed by atoms with Crippen molar-refractivity contribution in [2.75, 3.05) is 11.9 Å². The predicted octanol–water partition coefficient (Wildman–Crippen LogP) is 3.86. The summed E-state index contributed by atoms with van der Waals surface area (Å²) in [4.78, 5) is 11.9. The van der Waals surface area contributed by atoms with Crippen molar-refractivity contribution < 1.29 is 9.53 Å². The number of aromatic nitrogens is 1. The molecule has 1 aromatic heterocycles. The zero-order chi connectivity index (χ0) is 14.4. The topological polar surface area (TPSA) is 51.2 Å². The number of carbonyl (C=O) groups is 1. The van der Waals surface area contributed by atoms with Gasteiger partial charge in [-0.05, 0) is 38.2 Å². The molecule has 1 rings (SSSR count). The molecule has 0 saturated heterocycles. The first kappa shape index (κ1) is 16.0. The molecule has 0 fully saturated rings. The monoisotopic (exact) mass is 284 g/mol. The summed E-state index contributed by atoms with van der Waals surface area (Å²) in [6.45, 7) is 10.6. The number of nitrogens with one attached hydrogen (secondary N) is 1. The van der Waals surface area contributed by atoms with E-state index in [1.54, 1.807) is 0 Å². The van der Waals surface area contributed by atoms with E-state index in [9.17, 15) is 4.79 Å². The lowest BCUT2D eigenvalue weighted by atomic mass is 9.95. The fourth-order valence-electron chi connectivity index (χ4n) is 2.23. The normalized spacial score (nSPS) is 12.5. The van der Waals surface area contributed by atoms with E-state index in [1.165, 1.54) is 11.5 Å². The maximum Gasteiger partial charge on any atom is 0.343 e. The molecule has 0 aliphatic heterocycles. The molecule has 108 valence electrons. The molecule has 0 aromatic carbocycles. The summed E-state index contributed by atoms with van der Waals surface area (Å²) in [6, 6.07) is 0.322. The van der Waals surface area contributed by atoms with Crippen molar-refractivity contribution in [3.63, 3.8) is 0 Å². The Labute approximate surface area is 119 Å². The van der Waals surface area contributed by atoms with Gasteiger partial charge in [0, 0.05) is 6.04 Å². The second-order valence-corrected chi connectivity index (χ2v) is 5.48. The Kier molecular flexibility index (Phi) is 6.28. The molecule has 0 radical (unpaired) electrons. The maximum absolute atomic E-state index is 11.9. The van der Waals surface area contributed by atoms with Crippen LogP contribution in [0.5, 0.6) is 0 Å². The molecule has 4 nitrogen and oxygen atoms in total. The van der Waals surface area contributed by atoms with Crippen LogP contribution in [0, 0.1) is 12.8 Å². The van der Waals surface area contributed by atoms with Crippen molar-refractivity contribution >= 4 is 22.5 Å². The highest BCUT2D eigenvalue weighted by Crippen LogP contribution is 2.28. The highest BCUT2D eigenvalue weighted by molar-refractivity contribution is 7.10. The first-order valence-electron chi connectivity index (χ1n) is 6.94. The van der Waals surface area contributed by atoms with E-state index in [4.69, 9.17) is 4.74 Å². The summed E-state index contributed by atoms with van der Waals surface area (Å²) < 4.78 is 9.35. The predicted molar refractivity (Wildman–Crippen MR) is 80.0 cm³/mol. The van der Waals surface area contributed by atoms with Gasteiger partial charge in [-0.15, -0.1) is 0 Å². The van der Waals surface area contributed by atoms with Crippen molar-refractivity contribution in [2.45, 2.75) is 53.5 Å². The van der Waals surface area contributed by atoms with E-state index in [0.29, 0.717) is 24.1 Å². The first-order chi connectivity index (χ1) is 9.04. The Morgan fingerprint density at radius 1 is 1.37 bits per heavy atom. The van der Waals surface area contributed by atoms with Gasteiger partial charge in [0.05, 0.1) is 12.3 Å². The van der Waals surface area contributed by atoms with E-state index in [2.05, 4.69) is 30.5 Å². The van der Waals surface area contributed by atoms with Crippen LogP contribution in [-0.4, -0.2) is 23.0 Å². The zero-order valence-electron chi connectivity index (χ0n) is 12.4. The lowest BCUT2D eigenvalue weighted by Gasteiger charge is -2.23. The minimum Gasteiger partial charge on any atom is -0.462 e. The van der Waals surface area contributed by atoms with Crippen LogP contribution in [0.25, 0.3) is 0 Å². The highest BCUT2D eigenvalue weighted by atomic mass is 32.1. The van der Waals surface area contributed by atoms with Gasteiger partial charge in [-0.3, -0.25) is 0 Å². The van der Waals surface area contributed by atoms with Gasteiger partial charge in [0.1, 0.15) is 10.6 Å². The number of hydrogen-bond acceptors (Lipinski definition) is 5. The molecular formula is C14H24N2O2S. The molecule has 5 heteroatoms. The average Bonchev–Trinajstić information content (AvgIpc) is 2.72. The summed E-state index contributed by atoms with van der Waals surface area (Å²) in [5.74, 6) is 0.311. The number of hydrogen-bond donors (Lipinski definition) is 1. The maximum atomic E-state index is 11.9. The third-order valence-corrected chi connectivity index (χ3v) is 4.33. The fourth-order valence-corrected chi connectivity index (χ4v) is 3.11. The van der Waals surface area contributed by atoms with E-state index in [0.717, 1.165) is 23.5 Å². The average molecular weight is 284 g/mol. The van der Waals surface area contributed by atoms with E-state index < -0.39 is 0 Å². The standard InChI is InChI=1S/C14H24N2O2S/c1-6-11(7-2)9(4)15-13-12(10(5)16-19-13)14(17)18-8-3/h9,11,15H,6-8H2,1-5H3. The lowest BCUT2D eigenvalue weighted by molar-refractivity contribution is 0.0527. The summed E-state index contributed by atoms with van der Waals surface area (Å²) in [5.41, 5.74) is 1.33. The number of esters is 1. The van der Waals surface area contributed by atoms with Crippen molar-refractivity contribution in [3.8, 4) is 0 Å². The van der Waals surface area contributed by atoms with Crippen LogP contribution in [0.15, 0.2) is 0 Å². The molecule has 1 unspecified atom stereocenters. The van der Waals surface area contributed by atoms with Crippen molar-refractivity contribution in [3.05, 3.63) is 11.3 Å². The number of carbonyl (C=O) groups excluding carboxylic acids is 1. The zero-order valence-corrected chi connectivity index (χ0v) is 13.3. The quantitative estimate of drug-likeness (QED) is 0.772. The van der Waals surface area contributed by atoms with Crippen molar-refractivity contribution in [2.24, 2.45) is 5.92 Å². The minimum atomic E-state index is -0.284. The molecule has 0 aliphatic rings. The van der Waals surface area contributed by atoms with E-state index in [1.807, 2.05) is 13.8 Å². The summed E-state index contributed by atoms with van der Waals surface area (Å²) in [7, 11) is 0. The lowest BCUT2D eigenvalue weighted by Crippen LogP contribution is -2.25. The Bertz CT molecular complexity index is 414. The minimum absolute atomic E-state index is 0.284. The van der Waals surface area contributed by atoms with Crippen LogP contribution in [0.3, 0.4) is 0 Å². The Balaban J connectivity index is 2.87. The smallest absolute Gasteiger partial charge is 0.343 e. The van der Waals surface area contributed by atoms with Gasteiger partial charge in [0.2, 0.25) is 0 Å². The first-order valence-corrected chi connectivity index (χ1v) is 7.72. The third-order valence-electron chi connectivity index (χ3n) is 3.46. The largest absolute Gasteiger partial charge is 0.462 e. The van der Waals surface area contributed by atoms with Crippen LogP contribution in [0.2, 0.25) is 0 Å². The third kappa shape index (κ3) is 3.93. The molecule has 1 heterocycles. The van der Waals surface area contributed by atoms with Crippen molar-refractivity contribution in [1.82, 2.24) is 4.37 Å². The van der Waals surface area contributed by atoms with Crippen LogP contribution in [-0.2, 0) is 4.74 Å². The Morgan fingerprint density at radius 3 is 2.53 bits per heavy atom. The van der Waals surface area contributed by atoms with Gasteiger partial charge in [0.15, 0.2) is 0 Å². The van der Waals surface area contributed by atoms with Crippen LogP contribution < -0.4 is 5.32 Å². The van der Waals surface area contributed by atoms with Gasteiger partial charge >= 0.3 is 5.97 Å². The van der Waals surface area contributed by atoms with E-state index >= 15 is 0 Å². The molecule has 1 N–H and O–H groups in total. The summed E-state index contributed by atoms with van der Waals surface area (Å²) >= 11 is 1.34. The molecule has 0 spiro atoms. The number of aryl methyl sites for hydroxylation is 1. The molecule has 19 heavy (non-hydrogen) atoms. The second-order valence-electron chi connectivity index (χ2n) is 4.70. The van der Waals surface area contributed by atoms with Crippen LogP contribution in [0.1, 0.15) is 56.6 Å². The van der Waals surface area contributed by atoms with Gasteiger partial charge in [-0.2, -0.15) is 4.37 Å². The Morgan fingerprint density at radius 2 is 2.00 bits per heavy atom. The highest BCUT2D eigenvalue weighted by Gasteiger charge is 2.22. The number of rotatable bonds is 7. The number of nitrogens with zero attached hydrogens (tertiary/aromatic N) is 1. The van der Waals surface area contributed by atoms with Crippen molar-refractivity contribution in [1.29, 1.82) is 0 Å². The molecule has 0 amide bonds. The summed E-state index contributed by atoms with van der Waals surface area (Å²) in [6.07, 6.45) is 2.24. The second kappa shape index (κ2) is 7.48. The van der Waals surface area contributed by atoms with Crippen LogP contribution in [0.4, 0.5) is 5.00 Å². The molecule has 1 atom stereocenters. The summed E-state index contributed by atoms with van der Waals surface area (Å²) in [5, 5.41) is 4.26. The van der Waals surface area contributed by atoms with Crippen LogP contribution >= 0.6 is 11.5 Å². The van der Waals surface area contributed by atoms with Gasteiger partial charge in [0.25, 0.3) is 0 Å². The number of anilines is 1.